The molecule has 12 nitrogen and oxygen atoms in total. The first kappa shape index (κ1) is 35.1. The van der Waals surface area contributed by atoms with Gasteiger partial charge in [0.1, 0.15) is 11.4 Å². The highest BCUT2D eigenvalue weighted by Gasteiger charge is 2.20. The highest BCUT2D eigenvalue weighted by molar-refractivity contribution is 6.13. The number of benzene rings is 7. The molecular formula is C42H34N8O4. The number of nitrogens with one attached hydrogen (secondary N) is 2. The van der Waals surface area contributed by atoms with Crippen LogP contribution in [-0.2, 0) is 13.1 Å². The summed E-state index contributed by atoms with van der Waals surface area (Å²) >= 11 is 0. The summed E-state index contributed by atoms with van der Waals surface area (Å²) < 4.78 is 0. The summed E-state index contributed by atoms with van der Waals surface area (Å²) in [6, 6.07) is 38.5. The molecular weight excluding hydrogens is 681 g/mol. The van der Waals surface area contributed by atoms with Crippen LogP contribution in [0.4, 0.5) is 34.1 Å². The number of anilines is 2. The molecule has 0 aliphatic carbocycles. The fourth-order valence-corrected chi connectivity index (χ4v) is 5.83. The summed E-state index contributed by atoms with van der Waals surface area (Å²) in [5.74, 6) is -1.79. The molecule has 0 aliphatic heterocycles. The minimum Gasteiger partial charge on any atom is -0.505 e. The molecule has 0 radical (unpaired) electrons. The Hall–Kier alpha value is -7.28. The van der Waals surface area contributed by atoms with Crippen LogP contribution in [0.25, 0.3) is 21.5 Å². The Morgan fingerprint density at radius 1 is 0.500 bits per heavy atom. The molecule has 0 aromatic heterocycles. The summed E-state index contributed by atoms with van der Waals surface area (Å²) in [5.41, 5.74) is 15.5. The quantitative estimate of drug-likeness (QED) is 0.0761. The lowest BCUT2D eigenvalue weighted by Gasteiger charge is -2.13. The van der Waals surface area contributed by atoms with Gasteiger partial charge in [-0.15, -0.1) is 10.2 Å². The fraction of sp³-hybridized carbons (Fsp3) is 0.0476. The molecule has 12 heteroatoms. The lowest BCUT2D eigenvalue weighted by molar-refractivity contribution is 0.101. The van der Waals surface area contributed by atoms with E-state index < -0.39 is 11.8 Å². The predicted octanol–water partition coefficient (Wildman–Crippen LogP) is 9.66. The second-order valence-corrected chi connectivity index (χ2v) is 12.3. The number of carbonyl (C=O) groups excluding carboxylic acids is 2. The Bertz CT molecular complexity index is 2390. The van der Waals surface area contributed by atoms with Crippen molar-refractivity contribution in [3.63, 3.8) is 0 Å². The third kappa shape index (κ3) is 7.51. The smallest absolute Gasteiger partial charge is 0.259 e. The second kappa shape index (κ2) is 15.5. The Morgan fingerprint density at radius 3 is 1.24 bits per heavy atom. The van der Waals surface area contributed by atoms with Crippen molar-refractivity contribution < 1.29 is 19.8 Å². The number of phenolic OH excluding ortho intramolecular Hbond substituents is 2. The van der Waals surface area contributed by atoms with E-state index in [4.69, 9.17) is 11.5 Å². The molecule has 0 saturated heterocycles. The van der Waals surface area contributed by atoms with Crippen molar-refractivity contribution in [2.24, 2.45) is 31.9 Å². The van der Waals surface area contributed by atoms with Crippen molar-refractivity contribution in [3.05, 3.63) is 156 Å². The summed E-state index contributed by atoms with van der Waals surface area (Å²) in [7, 11) is 0. The highest BCUT2D eigenvalue weighted by Crippen LogP contribution is 2.41. The van der Waals surface area contributed by atoms with Gasteiger partial charge in [0.2, 0.25) is 0 Å². The molecule has 0 atom stereocenters. The first-order valence-electron chi connectivity index (χ1n) is 16.9. The fourth-order valence-electron chi connectivity index (χ4n) is 5.83. The van der Waals surface area contributed by atoms with Gasteiger partial charge in [0.05, 0.1) is 22.5 Å². The number of phenols is 2. The zero-order valence-electron chi connectivity index (χ0n) is 28.8. The van der Waals surface area contributed by atoms with Gasteiger partial charge in [0, 0.05) is 35.2 Å². The summed E-state index contributed by atoms with van der Waals surface area (Å²) in [6.07, 6.45) is 0. The molecule has 0 aliphatic rings. The monoisotopic (exact) mass is 714 g/mol. The molecule has 54 heavy (non-hydrogen) atoms. The second-order valence-electron chi connectivity index (χ2n) is 12.3. The Balaban J connectivity index is 1.10. The van der Waals surface area contributed by atoms with E-state index in [2.05, 4.69) is 31.1 Å². The molecule has 7 aromatic carbocycles. The van der Waals surface area contributed by atoms with Crippen LogP contribution >= 0.6 is 0 Å². The largest absolute Gasteiger partial charge is 0.505 e. The van der Waals surface area contributed by atoms with E-state index >= 15 is 0 Å². The van der Waals surface area contributed by atoms with Crippen LogP contribution in [0.3, 0.4) is 0 Å². The normalized spacial score (nSPS) is 11.4. The maximum atomic E-state index is 13.5. The molecule has 8 N–H and O–H groups in total. The van der Waals surface area contributed by atoms with Crippen LogP contribution in [0.15, 0.2) is 154 Å². The molecule has 0 saturated carbocycles. The number of rotatable bonds is 10. The molecule has 7 aromatic rings. The van der Waals surface area contributed by atoms with E-state index in [1.54, 1.807) is 72.8 Å². The molecule has 266 valence electrons. The van der Waals surface area contributed by atoms with E-state index in [0.29, 0.717) is 57.4 Å². The van der Waals surface area contributed by atoms with Crippen LogP contribution in [0.2, 0.25) is 0 Å². The van der Waals surface area contributed by atoms with E-state index in [-0.39, 0.29) is 34.0 Å². The Morgan fingerprint density at radius 2 is 0.870 bits per heavy atom. The third-order valence-electron chi connectivity index (χ3n) is 8.76. The van der Waals surface area contributed by atoms with Crippen LogP contribution in [-0.4, -0.2) is 22.0 Å². The maximum Gasteiger partial charge on any atom is 0.259 e. The number of carbonyl (C=O) groups is 2. The summed E-state index contributed by atoms with van der Waals surface area (Å²) in [5, 5.41) is 47.9. The summed E-state index contributed by atoms with van der Waals surface area (Å²) in [6.45, 7) is 0.796. The molecule has 0 bridgehead atoms. The number of nitrogens with two attached hydrogens (primary N) is 2. The van der Waals surface area contributed by atoms with E-state index in [1.807, 2.05) is 60.7 Å². The van der Waals surface area contributed by atoms with Crippen molar-refractivity contribution in [2.75, 3.05) is 10.6 Å². The van der Waals surface area contributed by atoms with Crippen LogP contribution < -0.4 is 22.1 Å². The van der Waals surface area contributed by atoms with Crippen LogP contribution in [0.5, 0.6) is 11.5 Å². The average Bonchev–Trinajstić information content (AvgIpc) is 3.20. The molecule has 0 spiro atoms. The Kier molecular flexibility index (Phi) is 10.1. The predicted molar refractivity (Wildman–Crippen MR) is 211 cm³/mol. The minimum atomic E-state index is -0.572. The van der Waals surface area contributed by atoms with Crippen molar-refractivity contribution in [1.82, 2.24) is 0 Å². The highest BCUT2D eigenvalue weighted by atomic mass is 16.3. The topological polar surface area (TPSA) is 200 Å². The van der Waals surface area contributed by atoms with Gasteiger partial charge < -0.3 is 32.3 Å². The number of amides is 2. The minimum absolute atomic E-state index is 0.00538. The number of nitrogens with zero attached hydrogens (tertiary/aromatic N) is 4. The molecule has 2 amide bonds. The van der Waals surface area contributed by atoms with Gasteiger partial charge in [-0.3, -0.25) is 9.59 Å². The van der Waals surface area contributed by atoms with Gasteiger partial charge in [-0.25, -0.2) is 0 Å². The summed E-state index contributed by atoms with van der Waals surface area (Å²) in [4.78, 5) is 27.0. The van der Waals surface area contributed by atoms with Gasteiger partial charge in [-0.2, -0.15) is 10.2 Å². The zero-order chi connectivity index (χ0) is 37.6. The lowest BCUT2D eigenvalue weighted by atomic mass is 10.0. The molecule has 0 heterocycles. The van der Waals surface area contributed by atoms with Gasteiger partial charge >= 0.3 is 0 Å². The number of hydrogen-bond donors (Lipinski definition) is 6. The van der Waals surface area contributed by atoms with Gasteiger partial charge in [-0.1, -0.05) is 72.8 Å². The van der Waals surface area contributed by atoms with Crippen molar-refractivity contribution in [3.8, 4) is 11.5 Å². The van der Waals surface area contributed by atoms with Crippen molar-refractivity contribution in [1.29, 1.82) is 0 Å². The van der Waals surface area contributed by atoms with Crippen molar-refractivity contribution >= 4 is 67.5 Å². The Labute approximate surface area is 309 Å². The first-order chi connectivity index (χ1) is 26.3. The van der Waals surface area contributed by atoms with Gasteiger partial charge in [-0.05, 0) is 82.6 Å². The standard InChI is InChI=1S/C42H34N8O4/c43-23-25-9-13-31(14-10-25)47-49-37-33-7-3-1-5-27(33)21-35(39(37)51)41(53)45-29-17-19-30(20-18-29)46-42(54)36-22-28-6-2-4-8-34(28)38(40(36)52)50-48-32-15-11-26(24-44)12-16-32/h1-22,51-52H,23-24,43-44H2,(H,45,53)(H,46,54). The van der Waals surface area contributed by atoms with E-state index in [1.165, 1.54) is 0 Å². The molecule has 7 rings (SSSR count). The zero-order valence-corrected chi connectivity index (χ0v) is 28.8. The van der Waals surface area contributed by atoms with E-state index in [0.717, 1.165) is 11.1 Å². The number of aromatic hydroxyl groups is 2. The number of azo groups is 2. The number of fused-ring (bicyclic) bond motifs is 2. The van der Waals surface area contributed by atoms with Gasteiger partial charge in [0.25, 0.3) is 11.8 Å². The SMILES string of the molecule is NCc1ccc(N=Nc2c(O)c(C(=O)Nc3ccc(NC(=O)c4cc5ccccc5c(N=Nc5ccc(CN)cc5)c4O)cc3)cc3ccccc23)cc1. The number of hydrogen-bond acceptors (Lipinski definition) is 10. The third-order valence-corrected chi connectivity index (χ3v) is 8.76. The molecule has 0 fully saturated rings. The van der Waals surface area contributed by atoms with Crippen LogP contribution in [0, 0.1) is 0 Å². The van der Waals surface area contributed by atoms with Crippen LogP contribution in [0.1, 0.15) is 31.8 Å². The van der Waals surface area contributed by atoms with Crippen molar-refractivity contribution in [2.45, 2.75) is 13.1 Å². The molecule has 0 unspecified atom stereocenters. The van der Waals surface area contributed by atoms with E-state index in [9.17, 15) is 19.8 Å². The maximum absolute atomic E-state index is 13.5. The first-order valence-corrected chi connectivity index (χ1v) is 16.9. The van der Waals surface area contributed by atoms with Gasteiger partial charge in [0.15, 0.2) is 11.5 Å². The lowest BCUT2D eigenvalue weighted by Crippen LogP contribution is -2.13. The average molecular weight is 715 g/mol.